The van der Waals surface area contributed by atoms with Crippen molar-refractivity contribution in [1.29, 1.82) is 0 Å². The number of hydrogen-bond donors (Lipinski definition) is 2. The lowest BCUT2D eigenvalue weighted by Gasteiger charge is -2.17. The third-order valence-corrected chi connectivity index (χ3v) is 7.46. The summed E-state index contributed by atoms with van der Waals surface area (Å²) in [4.78, 5) is 33.2. The molecule has 0 saturated heterocycles. The number of aromatic nitrogens is 7. The highest BCUT2D eigenvalue weighted by atomic mass is 35.5. The molecule has 3 aromatic heterocycles. The van der Waals surface area contributed by atoms with Crippen LogP contribution in [0.4, 0.5) is 5.69 Å². The zero-order valence-corrected chi connectivity index (χ0v) is 20.8. The molecule has 10 nitrogen and oxygen atoms in total. The molecule has 11 heteroatoms. The van der Waals surface area contributed by atoms with E-state index in [4.69, 9.17) is 11.6 Å². The van der Waals surface area contributed by atoms with Crippen LogP contribution in [0.5, 0.6) is 0 Å². The van der Waals surface area contributed by atoms with Crippen LogP contribution in [-0.4, -0.2) is 40.6 Å². The number of rotatable bonds is 4. The number of pyridine rings is 1. The van der Waals surface area contributed by atoms with E-state index < -0.39 is 0 Å². The first-order chi connectivity index (χ1) is 18.5. The van der Waals surface area contributed by atoms with Crippen LogP contribution in [0.25, 0.3) is 28.1 Å². The van der Waals surface area contributed by atoms with Crippen LogP contribution in [0.1, 0.15) is 36.0 Å². The normalized spacial score (nSPS) is 16.2. The number of carbonyl (C=O) groups is 1. The molecule has 7 rings (SSSR count). The molecule has 0 bridgehead atoms. The van der Waals surface area contributed by atoms with E-state index in [2.05, 4.69) is 36.9 Å². The fraction of sp³-hybridized carbons (Fsp3) is 0.185. The second kappa shape index (κ2) is 8.77. The number of fused-ring (bicyclic) bond motifs is 2. The van der Waals surface area contributed by atoms with Crippen LogP contribution in [0.3, 0.4) is 0 Å². The van der Waals surface area contributed by atoms with Gasteiger partial charge in [-0.25, -0.2) is 4.98 Å². The summed E-state index contributed by atoms with van der Waals surface area (Å²) in [6.45, 7) is 0. The van der Waals surface area contributed by atoms with E-state index in [9.17, 15) is 9.59 Å². The second-order valence-electron chi connectivity index (χ2n) is 9.52. The number of amides is 1. The van der Waals surface area contributed by atoms with E-state index in [1.165, 1.54) is 6.33 Å². The molecule has 1 atom stereocenters. The molecule has 2 aliphatic rings. The zero-order chi connectivity index (χ0) is 25.8. The van der Waals surface area contributed by atoms with Crippen LogP contribution < -0.4 is 10.9 Å². The van der Waals surface area contributed by atoms with Gasteiger partial charge in [0.25, 0.3) is 5.56 Å². The maximum absolute atomic E-state index is 13.4. The molecule has 0 radical (unpaired) electrons. The summed E-state index contributed by atoms with van der Waals surface area (Å²) in [5.41, 5.74) is 6.94. The van der Waals surface area contributed by atoms with Crippen LogP contribution in [0, 0.1) is 0 Å². The van der Waals surface area contributed by atoms with Crippen LogP contribution in [0.2, 0.25) is 5.02 Å². The Balaban J connectivity index is 1.23. The molecule has 5 aromatic rings. The van der Waals surface area contributed by atoms with E-state index >= 15 is 0 Å². The molecule has 1 unspecified atom stereocenters. The Hall–Kier alpha value is -4.57. The minimum absolute atomic E-state index is 0.0459. The van der Waals surface area contributed by atoms with Crippen molar-refractivity contribution in [1.82, 2.24) is 34.7 Å². The highest BCUT2D eigenvalue weighted by Crippen LogP contribution is 2.35. The van der Waals surface area contributed by atoms with Crippen molar-refractivity contribution < 1.29 is 4.79 Å². The zero-order valence-electron chi connectivity index (χ0n) is 20.1. The standard InChI is InChI=1S/C27H21ClN8O2/c28-18-3-6-23(35-14-30-33-34-35)20(12-18)17-10-19-4-7-24(36(19)26(38)11-17)27-29-13-22(32-27)16-1-5-21-15(9-16)2-8-25(37)31-21/h1,3,5-6,9-14,24H,2,4,7-8H2,(H,29,32)(H,31,37). The lowest BCUT2D eigenvalue weighted by Crippen LogP contribution is -2.23. The van der Waals surface area contributed by atoms with Gasteiger partial charge in [-0.05, 0) is 82.8 Å². The molecule has 1 amide bonds. The van der Waals surface area contributed by atoms with E-state index in [1.807, 2.05) is 34.9 Å². The summed E-state index contributed by atoms with van der Waals surface area (Å²) in [5.74, 6) is 0.793. The SMILES string of the molecule is O=C1CCc2cc(-c3cnc(C4CCc5cc(-c6cc(Cl)ccc6-n6cnnn6)cc(=O)n54)[nH]3)ccc2N1. The lowest BCUT2D eigenvalue weighted by molar-refractivity contribution is -0.116. The smallest absolute Gasteiger partial charge is 0.252 e. The number of hydrogen-bond acceptors (Lipinski definition) is 6. The largest absolute Gasteiger partial charge is 0.340 e. The van der Waals surface area contributed by atoms with Crippen LogP contribution in [-0.2, 0) is 17.6 Å². The molecule has 0 aliphatic carbocycles. The Morgan fingerprint density at radius 2 is 1.89 bits per heavy atom. The van der Waals surface area contributed by atoms with E-state index in [-0.39, 0.29) is 17.5 Å². The summed E-state index contributed by atoms with van der Waals surface area (Å²) < 4.78 is 3.37. The monoisotopic (exact) mass is 524 g/mol. The molecular formula is C27H21ClN8O2. The van der Waals surface area contributed by atoms with Gasteiger partial charge in [-0.1, -0.05) is 17.7 Å². The van der Waals surface area contributed by atoms with Crippen molar-refractivity contribution in [3.05, 3.63) is 93.5 Å². The first-order valence-corrected chi connectivity index (χ1v) is 12.7. The third-order valence-electron chi connectivity index (χ3n) is 7.22. The number of benzene rings is 2. The van der Waals surface area contributed by atoms with Gasteiger partial charge in [-0.15, -0.1) is 5.10 Å². The molecule has 38 heavy (non-hydrogen) atoms. The fourth-order valence-electron chi connectivity index (χ4n) is 5.42. The van der Waals surface area contributed by atoms with Crippen molar-refractivity contribution in [2.45, 2.75) is 31.7 Å². The predicted octanol–water partition coefficient (Wildman–Crippen LogP) is 3.95. The molecule has 0 fully saturated rings. The van der Waals surface area contributed by atoms with Gasteiger partial charge in [0, 0.05) is 34.5 Å². The summed E-state index contributed by atoms with van der Waals surface area (Å²) in [6.07, 6.45) is 6.02. The predicted molar refractivity (Wildman–Crippen MR) is 141 cm³/mol. The average Bonchev–Trinajstić information content (AvgIpc) is 3.69. The van der Waals surface area contributed by atoms with Gasteiger partial charge in [-0.2, -0.15) is 4.68 Å². The number of carbonyl (C=O) groups excluding carboxylic acids is 1. The summed E-state index contributed by atoms with van der Waals surface area (Å²) in [7, 11) is 0. The topological polar surface area (TPSA) is 123 Å². The molecular weight excluding hydrogens is 504 g/mol. The number of tetrazole rings is 1. The number of aryl methyl sites for hydroxylation is 2. The van der Waals surface area contributed by atoms with Crippen molar-refractivity contribution in [3.8, 4) is 28.1 Å². The molecule has 2 aromatic carbocycles. The number of halogens is 1. The maximum atomic E-state index is 13.4. The Morgan fingerprint density at radius 3 is 2.76 bits per heavy atom. The fourth-order valence-corrected chi connectivity index (χ4v) is 5.60. The van der Waals surface area contributed by atoms with Gasteiger partial charge in [-0.3, -0.25) is 9.59 Å². The second-order valence-corrected chi connectivity index (χ2v) is 9.95. The van der Waals surface area contributed by atoms with E-state index in [0.29, 0.717) is 17.9 Å². The summed E-state index contributed by atoms with van der Waals surface area (Å²) in [6, 6.07) is 14.9. The molecule has 0 spiro atoms. The molecule has 5 heterocycles. The van der Waals surface area contributed by atoms with Gasteiger partial charge in [0.05, 0.1) is 23.6 Å². The molecule has 188 valence electrons. The number of nitrogens with zero attached hydrogens (tertiary/aromatic N) is 6. The number of aromatic amines is 1. The van der Waals surface area contributed by atoms with E-state index in [0.717, 1.165) is 63.7 Å². The van der Waals surface area contributed by atoms with Gasteiger partial charge in [0.2, 0.25) is 5.91 Å². The minimum atomic E-state index is -0.185. The van der Waals surface area contributed by atoms with Crippen molar-refractivity contribution >= 4 is 23.2 Å². The molecule has 2 aliphatic heterocycles. The third kappa shape index (κ3) is 3.81. The highest BCUT2D eigenvalue weighted by Gasteiger charge is 2.28. The van der Waals surface area contributed by atoms with Crippen LogP contribution in [0.15, 0.2) is 65.8 Å². The number of imidazole rings is 1. The first-order valence-electron chi connectivity index (χ1n) is 12.3. The van der Waals surface area contributed by atoms with Gasteiger partial charge < -0.3 is 14.9 Å². The molecule has 0 saturated carbocycles. The number of nitrogens with one attached hydrogen (secondary N) is 2. The Bertz CT molecular complexity index is 1770. The van der Waals surface area contributed by atoms with Gasteiger partial charge >= 0.3 is 0 Å². The minimum Gasteiger partial charge on any atom is -0.340 e. The Kier molecular flexibility index (Phi) is 5.22. The highest BCUT2D eigenvalue weighted by molar-refractivity contribution is 6.31. The summed E-state index contributed by atoms with van der Waals surface area (Å²) >= 11 is 6.31. The van der Waals surface area contributed by atoms with Crippen molar-refractivity contribution in [2.24, 2.45) is 0 Å². The van der Waals surface area contributed by atoms with Crippen molar-refractivity contribution in [2.75, 3.05) is 5.32 Å². The van der Waals surface area contributed by atoms with Gasteiger partial charge in [0.15, 0.2) is 0 Å². The Morgan fingerprint density at radius 1 is 0.974 bits per heavy atom. The maximum Gasteiger partial charge on any atom is 0.252 e. The van der Waals surface area contributed by atoms with Crippen LogP contribution >= 0.6 is 11.6 Å². The lowest BCUT2D eigenvalue weighted by atomic mass is 9.99. The quantitative estimate of drug-likeness (QED) is 0.367. The van der Waals surface area contributed by atoms with Gasteiger partial charge in [0.1, 0.15) is 12.2 Å². The Labute approximate surface area is 221 Å². The number of H-pyrrole nitrogens is 1. The number of anilines is 1. The first kappa shape index (κ1) is 22.6. The molecule has 2 N–H and O–H groups in total. The van der Waals surface area contributed by atoms with Crippen molar-refractivity contribution in [3.63, 3.8) is 0 Å². The average molecular weight is 525 g/mol. The van der Waals surface area contributed by atoms with E-state index in [1.54, 1.807) is 23.0 Å². The summed E-state index contributed by atoms with van der Waals surface area (Å²) in [5, 5.41) is 14.9.